The minimum atomic E-state index is -0.0219. The fraction of sp³-hybridized carbons (Fsp3) is 0.350. The van der Waals surface area contributed by atoms with Gasteiger partial charge in [0, 0.05) is 30.4 Å². The number of piperidine rings is 1. The number of anilines is 1. The van der Waals surface area contributed by atoms with Crippen LogP contribution < -0.4 is 11.1 Å². The van der Waals surface area contributed by atoms with E-state index in [0.717, 1.165) is 38.0 Å². The van der Waals surface area contributed by atoms with Crippen LogP contribution in [0.25, 0.3) is 0 Å². The lowest BCUT2D eigenvalue weighted by atomic mass is 10.0. The number of nitrogens with two attached hydrogens (primary N) is 1. The molecular weight excluding hydrogens is 369 g/mol. The highest BCUT2D eigenvalue weighted by Gasteiger charge is 2.22. The van der Waals surface area contributed by atoms with Gasteiger partial charge in [0.1, 0.15) is 0 Å². The predicted molar refractivity (Wildman–Crippen MR) is 112 cm³/mol. The second kappa shape index (κ2) is 10.4. The van der Waals surface area contributed by atoms with E-state index in [1.165, 1.54) is 5.56 Å². The van der Waals surface area contributed by atoms with Gasteiger partial charge in [-0.3, -0.25) is 9.69 Å². The van der Waals surface area contributed by atoms with Crippen molar-refractivity contribution in [2.45, 2.75) is 32.4 Å². The lowest BCUT2D eigenvalue weighted by molar-refractivity contribution is 0.0900. The highest BCUT2D eigenvalue weighted by molar-refractivity contribution is 5.96. The summed E-state index contributed by atoms with van der Waals surface area (Å²) >= 11 is 0. The number of nitrogens with one attached hydrogen (secondary N) is 1. The van der Waals surface area contributed by atoms with Gasteiger partial charge in [-0.05, 0) is 49.6 Å². The molecule has 4 nitrogen and oxygen atoms in total. The maximum atomic E-state index is 12.6. The van der Waals surface area contributed by atoms with Crippen LogP contribution >= 0.6 is 24.8 Å². The van der Waals surface area contributed by atoms with Crippen LogP contribution in [0.2, 0.25) is 0 Å². The fourth-order valence-corrected chi connectivity index (χ4v) is 3.31. The molecule has 1 aliphatic rings. The van der Waals surface area contributed by atoms with E-state index < -0.39 is 0 Å². The standard InChI is InChI=1S/C20H25N3O.2ClH/c1-15-9-10-17(21)12-19(15)20(24)22-18-8-5-11-23(14-18)13-16-6-3-2-4-7-16;;/h2-4,6-7,9-10,12,18H,5,8,11,13-14,21H2,1H3,(H,22,24);2*1H. The molecular formula is C20H27Cl2N3O. The molecule has 6 heteroatoms. The lowest BCUT2D eigenvalue weighted by Gasteiger charge is -2.33. The molecule has 142 valence electrons. The minimum absolute atomic E-state index is 0. The molecule has 0 spiro atoms. The van der Waals surface area contributed by atoms with Gasteiger partial charge in [0.2, 0.25) is 0 Å². The van der Waals surface area contributed by atoms with Gasteiger partial charge in [0.05, 0.1) is 0 Å². The Morgan fingerprint density at radius 3 is 2.65 bits per heavy atom. The third kappa shape index (κ3) is 5.90. The Bertz CT molecular complexity index is 709. The van der Waals surface area contributed by atoms with E-state index in [2.05, 4.69) is 34.5 Å². The second-order valence-corrected chi connectivity index (χ2v) is 6.61. The number of carbonyl (C=O) groups excluding carboxylic acids is 1. The number of likely N-dealkylation sites (tertiary alicyclic amines) is 1. The maximum absolute atomic E-state index is 12.6. The van der Waals surface area contributed by atoms with Crippen LogP contribution in [0.5, 0.6) is 0 Å². The predicted octanol–water partition coefficient (Wildman–Crippen LogP) is 3.82. The van der Waals surface area contributed by atoms with Gasteiger partial charge in [-0.1, -0.05) is 36.4 Å². The van der Waals surface area contributed by atoms with Gasteiger partial charge >= 0.3 is 0 Å². The Morgan fingerprint density at radius 2 is 1.92 bits per heavy atom. The number of halogens is 2. The number of rotatable bonds is 4. The number of benzene rings is 2. The summed E-state index contributed by atoms with van der Waals surface area (Å²) in [5, 5.41) is 3.18. The van der Waals surface area contributed by atoms with E-state index in [1.54, 1.807) is 6.07 Å². The zero-order valence-electron chi connectivity index (χ0n) is 15.0. The van der Waals surface area contributed by atoms with Crippen molar-refractivity contribution in [1.29, 1.82) is 0 Å². The van der Waals surface area contributed by atoms with Crippen LogP contribution in [-0.2, 0) is 6.54 Å². The molecule has 3 rings (SSSR count). The van der Waals surface area contributed by atoms with Crippen molar-refractivity contribution in [2.75, 3.05) is 18.8 Å². The van der Waals surface area contributed by atoms with Crippen molar-refractivity contribution >= 4 is 36.4 Å². The van der Waals surface area contributed by atoms with Crippen molar-refractivity contribution in [2.24, 2.45) is 0 Å². The van der Waals surface area contributed by atoms with E-state index in [4.69, 9.17) is 5.73 Å². The van der Waals surface area contributed by atoms with Crippen LogP contribution in [0.1, 0.15) is 34.3 Å². The van der Waals surface area contributed by atoms with Crippen LogP contribution in [0, 0.1) is 6.92 Å². The Morgan fingerprint density at radius 1 is 1.19 bits per heavy atom. The van der Waals surface area contributed by atoms with Crippen molar-refractivity contribution < 1.29 is 4.79 Å². The SMILES string of the molecule is Cc1ccc(N)cc1C(=O)NC1CCCN(Cc2ccccc2)C1.Cl.Cl. The first-order chi connectivity index (χ1) is 11.6. The Labute approximate surface area is 168 Å². The van der Waals surface area contributed by atoms with Crippen LogP contribution in [0.15, 0.2) is 48.5 Å². The Kier molecular flexibility index (Phi) is 8.93. The third-order valence-corrected chi connectivity index (χ3v) is 4.60. The molecule has 3 N–H and O–H groups in total. The zero-order valence-corrected chi connectivity index (χ0v) is 16.6. The van der Waals surface area contributed by atoms with Crippen LogP contribution in [0.3, 0.4) is 0 Å². The topological polar surface area (TPSA) is 58.4 Å². The third-order valence-electron chi connectivity index (χ3n) is 4.60. The molecule has 26 heavy (non-hydrogen) atoms. The molecule has 1 aliphatic heterocycles. The molecule has 2 aromatic rings. The van der Waals surface area contributed by atoms with E-state index in [1.807, 2.05) is 25.1 Å². The van der Waals surface area contributed by atoms with Gasteiger partial charge in [-0.2, -0.15) is 0 Å². The van der Waals surface area contributed by atoms with E-state index in [-0.39, 0.29) is 36.8 Å². The highest BCUT2D eigenvalue weighted by Crippen LogP contribution is 2.16. The molecule has 1 atom stereocenters. The first-order valence-corrected chi connectivity index (χ1v) is 8.55. The van der Waals surface area contributed by atoms with Gasteiger partial charge in [-0.15, -0.1) is 24.8 Å². The number of nitrogens with zero attached hydrogens (tertiary/aromatic N) is 1. The summed E-state index contributed by atoms with van der Waals surface area (Å²) in [7, 11) is 0. The van der Waals surface area contributed by atoms with Crippen LogP contribution in [-0.4, -0.2) is 29.9 Å². The van der Waals surface area contributed by atoms with Crippen molar-refractivity contribution in [3.63, 3.8) is 0 Å². The lowest BCUT2D eigenvalue weighted by Crippen LogP contribution is -2.47. The summed E-state index contributed by atoms with van der Waals surface area (Å²) in [6.45, 7) is 4.85. The summed E-state index contributed by atoms with van der Waals surface area (Å²) in [5.41, 5.74) is 9.39. The van der Waals surface area contributed by atoms with Crippen LogP contribution in [0.4, 0.5) is 5.69 Å². The second-order valence-electron chi connectivity index (χ2n) is 6.61. The minimum Gasteiger partial charge on any atom is -0.399 e. The van der Waals surface area contributed by atoms with Gasteiger partial charge in [0.25, 0.3) is 5.91 Å². The number of amides is 1. The van der Waals surface area contributed by atoms with Gasteiger partial charge < -0.3 is 11.1 Å². The summed E-state index contributed by atoms with van der Waals surface area (Å²) in [6, 6.07) is 16.2. The smallest absolute Gasteiger partial charge is 0.251 e. The van der Waals surface area contributed by atoms with Gasteiger partial charge in [0.15, 0.2) is 0 Å². The molecule has 0 aromatic heterocycles. The van der Waals surface area contributed by atoms with E-state index in [9.17, 15) is 4.79 Å². The first-order valence-electron chi connectivity index (χ1n) is 8.55. The molecule has 1 saturated heterocycles. The molecule has 0 saturated carbocycles. The van der Waals surface area contributed by atoms with E-state index in [0.29, 0.717) is 11.3 Å². The Hall–Kier alpha value is -1.75. The average molecular weight is 396 g/mol. The number of hydrogen-bond donors (Lipinski definition) is 2. The zero-order chi connectivity index (χ0) is 16.9. The van der Waals surface area contributed by atoms with Crippen molar-refractivity contribution in [1.82, 2.24) is 10.2 Å². The maximum Gasteiger partial charge on any atom is 0.251 e. The number of carbonyl (C=O) groups is 1. The highest BCUT2D eigenvalue weighted by atomic mass is 35.5. The van der Waals surface area contributed by atoms with Crippen molar-refractivity contribution in [3.8, 4) is 0 Å². The molecule has 1 heterocycles. The summed E-state index contributed by atoms with van der Waals surface area (Å²) in [4.78, 5) is 15.0. The number of nitrogen functional groups attached to an aromatic ring is 1. The molecule has 0 radical (unpaired) electrons. The summed E-state index contributed by atoms with van der Waals surface area (Å²) in [5.74, 6) is -0.0219. The first kappa shape index (κ1) is 22.3. The number of hydrogen-bond acceptors (Lipinski definition) is 3. The molecule has 2 aromatic carbocycles. The number of aryl methyl sites for hydroxylation is 1. The average Bonchev–Trinajstić information content (AvgIpc) is 2.58. The normalized spacial score (nSPS) is 16.9. The quantitative estimate of drug-likeness (QED) is 0.773. The molecule has 1 amide bonds. The van der Waals surface area contributed by atoms with E-state index >= 15 is 0 Å². The Balaban J connectivity index is 0.00000169. The monoisotopic (exact) mass is 395 g/mol. The molecule has 0 bridgehead atoms. The van der Waals surface area contributed by atoms with Crippen molar-refractivity contribution in [3.05, 3.63) is 65.2 Å². The summed E-state index contributed by atoms with van der Waals surface area (Å²) < 4.78 is 0. The molecule has 1 unspecified atom stereocenters. The molecule has 1 fully saturated rings. The molecule has 0 aliphatic carbocycles. The largest absolute Gasteiger partial charge is 0.399 e. The van der Waals surface area contributed by atoms with Gasteiger partial charge in [-0.25, -0.2) is 0 Å². The summed E-state index contributed by atoms with van der Waals surface area (Å²) in [6.07, 6.45) is 2.13. The fourth-order valence-electron chi connectivity index (χ4n) is 3.31.